The van der Waals surface area contributed by atoms with Gasteiger partial charge in [-0.3, -0.25) is 4.79 Å². The van der Waals surface area contributed by atoms with Crippen LogP contribution in [0.5, 0.6) is 0 Å². The number of amides is 1. The predicted octanol–water partition coefficient (Wildman–Crippen LogP) is 3.22. The second-order valence-electron chi connectivity index (χ2n) is 5.49. The van der Waals surface area contributed by atoms with Gasteiger partial charge in [-0.05, 0) is 24.6 Å². The molecular weight excluding hydrogens is 325 g/mol. The van der Waals surface area contributed by atoms with Gasteiger partial charge in [0, 0.05) is 6.54 Å². The maximum absolute atomic E-state index is 12.6. The number of aryl methyl sites for hydroxylation is 1. The summed E-state index contributed by atoms with van der Waals surface area (Å²) in [6.07, 6.45) is -3.65. The minimum atomic E-state index is -4.38. The van der Waals surface area contributed by atoms with Gasteiger partial charge in [-0.1, -0.05) is 12.1 Å². The molecular formula is C16H15F3N2O3. The van der Waals surface area contributed by atoms with Crippen molar-refractivity contribution in [1.82, 2.24) is 9.88 Å². The quantitative estimate of drug-likeness (QED) is 0.842. The summed E-state index contributed by atoms with van der Waals surface area (Å²) in [4.78, 5) is 17.9. The summed E-state index contributed by atoms with van der Waals surface area (Å²) < 4.78 is 48.5. The molecule has 0 unspecified atom stereocenters. The lowest BCUT2D eigenvalue weighted by molar-refractivity contribution is -0.137. The standard InChI is InChI=1S/C16H15F3N2O3/c1-10-14(20-9-24-10)15(22)21-6-7-23-13(8-21)11-2-4-12(5-3-11)16(17,18)19/h2-5,9,13H,6-8H2,1H3/t13-/m0/s1. The van der Waals surface area contributed by atoms with Crippen molar-refractivity contribution < 1.29 is 27.1 Å². The second-order valence-corrected chi connectivity index (χ2v) is 5.49. The second kappa shape index (κ2) is 6.27. The van der Waals surface area contributed by atoms with E-state index in [1.54, 1.807) is 11.8 Å². The lowest BCUT2D eigenvalue weighted by atomic mass is 10.0. The van der Waals surface area contributed by atoms with Gasteiger partial charge in [0.05, 0.1) is 18.7 Å². The van der Waals surface area contributed by atoms with Gasteiger partial charge >= 0.3 is 6.18 Å². The Morgan fingerprint density at radius 2 is 2.00 bits per heavy atom. The van der Waals surface area contributed by atoms with Crippen LogP contribution in [0, 0.1) is 6.92 Å². The van der Waals surface area contributed by atoms with Crippen LogP contribution in [0.3, 0.4) is 0 Å². The first-order valence-corrected chi connectivity index (χ1v) is 7.34. The summed E-state index contributed by atoms with van der Waals surface area (Å²) in [6, 6.07) is 4.79. The van der Waals surface area contributed by atoms with E-state index in [1.807, 2.05) is 0 Å². The molecule has 1 aliphatic rings. The Morgan fingerprint density at radius 1 is 1.29 bits per heavy atom. The highest BCUT2D eigenvalue weighted by molar-refractivity contribution is 5.93. The summed E-state index contributed by atoms with van der Waals surface area (Å²) in [6.45, 7) is 2.58. The Labute approximate surface area is 136 Å². The van der Waals surface area contributed by atoms with Crippen LogP contribution < -0.4 is 0 Å². The van der Waals surface area contributed by atoms with E-state index in [9.17, 15) is 18.0 Å². The van der Waals surface area contributed by atoms with Crippen LogP contribution in [-0.4, -0.2) is 35.5 Å². The summed E-state index contributed by atoms with van der Waals surface area (Å²) >= 11 is 0. The maximum atomic E-state index is 12.6. The molecule has 0 saturated carbocycles. The number of benzene rings is 1. The SMILES string of the molecule is Cc1ocnc1C(=O)N1CCO[C@H](c2ccc(C(F)(F)F)cc2)C1. The first-order valence-electron chi connectivity index (χ1n) is 7.34. The number of alkyl halides is 3. The summed E-state index contributed by atoms with van der Waals surface area (Å²) in [7, 11) is 0. The molecule has 1 amide bonds. The van der Waals surface area contributed by atoms with Gasteiger partial charge in [0.1, 0.15) is 11.9 Å². The first-order chi connectivity index (χ1) is 11.4. The third kappa shape index (κ3) is 3.28. The molecule has 0 spiro atoms. The van der Waals surface area contributed by atoms with Crippen molar-refractivity contribution in [2.75, 3.05) is 19.7 Å². The van der Waals surface area contributed by atoms with E-state index in [0.717, 1.165) is 12.1 Å². The number of ether oxygens (including phenoxy) is 1. The van der Waals surface area contributed by atoms with Crippen LogP contribution in [-0.2, 0) is 10.9 Å². The Balaban J connectivity index is 1.74. The van der Waals surface area contributed by atoms with E-state index >= 15 is 0 Å². The number of hydrogen-bond donors (Lipinski definition) is 0. The third-order valence-electron chi connectivity index (χ3n) is 3.91. The van der Waals surface area contributed by atoms with E-state index in [1.165, 1.54) is 18.5 Å². The Kier molecular flexibility index (Phi) is 4.31. The number of oxazole rings is 1. The van der Waals surface area contributed by atoms with Gasteiger partial charge in [0.25, 0.3) is 5.91 Å². The number of aromatic nitrogens is 1. The van der Waals surface area contributed by atoms with Crippen LogP contribution in [0.4, 0.5) is 13.2 Å². The van der Waals surface area contributed by atoms with Crippen molar-refractivity contribution in [2.24, 2.45) is 0 Å². The monoisotopic (exact) mass is 340 g/mol. The number of halogens is 3. The molecule has 2 aromatic rings. The van der Waals surface area contributed by atoms with Gasteiger partial charge in [-0.25, -0.2) is 4.98 Å². The topological polar surface area (TPSA) is 55.6 Å². The Morgan fingerprint density at radius 3 is 2.58 bits per heavy atom. The fraction of sp³-hybridized carbons (Fsp3) is 0.375. The van der Waals surface area contributed by atoms with E-state index < -0.39 is 17.8 Å². The summed E-state index contributed by atoms with van der Waals surface area (Å²) in [5.74, 6) is 0.152. The number of nitrogens with zero attached hydrogens (tertiary/aromatic N) is 2. The molecule has 1 aliphatic heterocycles. The molecule has 128 valence electrons. The smallest absolute Gasteiger partial charge is 0.416 e. The number of hydrogen-bond acceptors (Lipinski definition) is 4. The van der Waals surface area contributed by atoms with E-state index in [2.05, 4.69) is 4.98 Å². The fourth-order valence-corrected chi connectivity index (χ4v) is 2.58. The highest BCUT2D eigenvalue weighted by atomic mass is 19.4. The molecule has 1 aromatic heterocycles. The van der Waals surface area contributed by atoms with Crippen molar-refractivity contribution in [3.05, 3.63) is 53.2 Å². The third-order valence-corrected chi connectivity index (χ3v) is 3.91. The van der Waals surface area contributed by atoms with Gasteiger partial charge < -0.3 is 14.1 Å². The molecule has 1 atom stereocenters. The molecule has 0 aliphatic carbocycles. The molecule has 3 rings (SSSR count). The van der Waals surface area contributed by atoms with Crippen LogP contribution in [0.1, 0.15) is 33.5 Å². The van der Waals surface area contributed by atoms with Gasteiger partial charge in [0.2, 0.25) is 0 Å². The highest BCUT2D eigenvalue weighted by Crippen LogP contribution is 2.31. The van der Waals surface area contributed by atoms with Crippen LogP contribution in [0.15, 0.2) is 35.1 Å². The zero-order chi connectivity index (χ0) is 17.3. The number of carbonyl (C=O) groups excluding carboxylic acids is 1. The van der Waals surface area contributed by atoms with Crippen LogP contribution in [0.25, 0.3) is 0 Å². The van der Waals surface area contributed by atoms with Gasteiger partial charge in [0.15, 0.2) is 12.1 Å². The van der Waals surface area contributed by atoms with E-state index in [0.29, 0.717) is 24.5 Å². The Bertz CT molecular complexity index is 725. The molecule has 1 fully saturated rings. The minimum Gasteiger partial charge on any atom is -0.448 e. The first kappa shape index (κ1) is 16.5. The fourth-order valence-electron chi connectivity index (χ4n) is 2.58. The van der Waals surface area contributed by atoms with E-state index in [-0.39, 0.29) is 18.1 Å². The molecule has 0 bridgehead atoms. The van der Waals surface area contributed by atoms with Crippen molar-refractivity contribution in [3.8, 4) is 0 Å². The average Bonchev–Trinajstić information content (AvgIpc) is 3.00. The van der Waals surface area contributed by atoms with Gasteiger partial charge in [-0.15, -0.1) is 0 Å². The zero-order valence-electron chi connectivity index (χ0n) is 12.8. The van der Waals surface area contributed by atoms with Crippen molar-refractivity contribution in [2.45, 2.75) is 19.2 Å². The predicted molar refractivity (Wildman–Crippen MR) is 77.3 cm³/mol. The molecule has 0 N–H and O–H groups in total. The number of carbonyl (C=O) groups is 1. The molecule has 2 heterocycles. The molecule has 1 aromatic carbocycles. The molecule has 5 nitrogen and oxygen atoms in total. The highest BCUT2D eigenvalue weighted by Gasteiger charge is 2.32. The number of rotatable bonds is 2. The lowest BCUT2D eigenvalue weighted by Crippen LogP contribution is -2.42. The largest absolute Gasteiger partial charge is 0.448 e. The molecule has 8 heteroatoms. The van der Waals surface area contributed by atoms with Crippen LogP contribution in [0.2, 0.25) is 0 Å². The molecule has 1 saturated heterocycles. The van der Waals surface area contributed by atoms with Gasteiger partial charge in [-0.2, -0.15) is 13.2 Å². The zero-order valence-corrected chi connectivity index (χ0v) is 12.8. The number of morpholine rings is 1. The molecule has 0 radical (unpaired) electrons. The van der Waals surface area contributed by atoms with Crippen molar-refractivity contribution >= 4 is 5.91 Å². The summed E-state index contributed by atoms with van der Waals surface area (Å²) in [5.41, 5.74) is 0.119. The maximum Gasteiger partial charge on any atom is 0.416 e. The minimum absolute atomic E-state index is 0.239. The van der Waals surface area contributed by atoms with Crippen molar-refractivity contribution in [3.63, 3.8) is 0 Å². The average molecular weight is 340 g/mol. The summed E-state index contributed by atoms with van der Waals surface area (Å²) in [5, 5.41) is 0. The lowest BCUT2D eigenvalue weighted by Gasteiger charge is -2.33. The van der Waals surface area contributed by atoms with Crippen LogP contribution >= 0.6 is 0 Å². The molecule has 24 heavy (non-hydrogen) atoms. The Hall–Kier alpha value is -2.35. The van der Waals surface area contributed by atoms with E-state index in [4.69, 9.17) is 9.15 Å². The normalized spacial score (nSPS) is 18.7. The van der Waals surface area contributed by atoms with Crippen molar-refractivity contribution in [1.29, 1.82) is 0 Å².